The second-order valence-electron chi connectivity index (χ2n) is 10.1. The van der Waals surface area contributed by atoms with E-state index in [1.165, 1.54) is 12.1 Å². The number of rotatable bonds is 9. The zero-order chi connectivity index (χ0) is 26.8. The summed E-state index contributed by atoms with van der Waals surface area (Å²) in [6.07, 6.45) is 0.898. The molecule has 1 atom stereocenters. The second kappa shape index (κ2) is 11.1. The van der Waals surface area contributed by atoms with E-state index in [0.29, 0.717) is 55.9 Å². The zero-order valence-corrected chi connectivity index (χ0v) is 22.0. The predicted octanol–water partition coefficient (Wildman–Crippen LogP) is 4.24. The third kappa shape index (κ3) is 5.13. The lowest BCUT2D eigenvalue weighted by Gasteiger charge is -2.31. The standard InChI is InChI=1S/C29H33FN2O6/c1-18(2)8-13-37-23-6-4-19(16-24(23)35-3)26-25-27(33)21-17-20(30)5-7-22(21)38-28(25)29(34)32(26)10-9-31-11-14-36-15-12-31/h4-7,16-18,26H,8-15H2,1-3H3. The molecule has 1 fully saturated rings. The van der Waals surface area contributed by atoms with Gasteiger partial charge in [-0.2, -0.15) is 0 Å². The van der Waals surface area contributed by atoms with Crippen molar-refractivity contribution in [1.29, 1.82) is 0 Å². The molecule has 8 nitrogen and oxygen atoms in total. The molecule has 202 valence electrons. The Hall–Kier alpha value is -3.43. The molecule has 1 aromatic heterocycles. The largest absolute Gasteiger partial charge is 0.493 e. The van der Waals surface area contributed by atoms with Crippen molar-refractivity contribution in [3.63, 3.8) is 0 Å². The Bertz CT molecular complexity index is 1380. The molecule has 5 rings (SSSR count). The molecule has 3 aromatic rings. The number of hydrogen-bond donors (Lipinski definition) is 0. The van der Waals surface area contributed by atoms with Gasteiger partial charge in [0.05, 0.1) is 43.9 Å². The maximum Gasteiger partial charge on any atom is 0.290 e. The van der Waals surface area contributed by atoms with Crippen molar-refractivity contribution in [2.75, 3.05) is 53.1 Å². The number of halogens is 1. The lowest BCUT2D eigenvalue weighted by Crippen LogP contribution is -2.42. The highest BCUT2D eigenvalue weighted by atomic mass is 19.1. The fourth-order valence-corrected chi connectivity index (χ4v) is 5.02. The van der Waals surface area contributed by atoms with Crippen LogP contribution in [0.15, 0.2) is 45.6 Å². The number of methoxy groups -OCH3 is 1. The van der Waals surface area contributed by atoms with Gasteiger partial charge in [-0.15, -0.1) is 0 Å². The molecule has 1 saturated heterocycles. The number of morpholine rings is 1. The van der Waals surface area contributed by atoms with E-state index >= 15 is 0 Å². The number of fused-ring (bicyclic) bond motifs is 2. The maximum atomic E-state index is 14.1. The lowest BCUT2D eigenvalue weighted by atomic mass is 9.98. The molecule has 1 amide bonds. The number of carbonyl (C=O) groups is 1. The molecule has 9 heteroatoms. The average Bonchev–Trinajstić information content (AvgIpc) is 3.20. The van der Waals surface area contributed by atoms with Gasteiger partial charge in [-0.3, -0.25) is 14.5 Å². The van der Waals surface area contributed by atoms with Crippen molar-refractivity contribution < 1.29 is 27.8 Å². The quantitative estimate of drug-likeness (QED) is 0.414. The zero-order valence-electron chi connectivity index (χ0n) is 22.0. The summed E-state index contributed by atoms with van der Waals surface area (Å²) >= 11 is 0. The van der Waals surface area contributed by atoms with E-state index in [-0.39, 0.29) is 28.2 Å². The molecular weight excluding hydrogens is 491 g/mol. The number of hydrogen-bond acceptors (Lipinski definition) is 7. The molecule has 3 heterocycles. The molecule has 0 saturated carbocycles. The molecule has 2 aromatic carbocycles. The van der Waals surface area contributed by atoms with Crippen molar-refractivity contribution in [2.45, 2.75) is 26.3 Å². The summed E-state index contributed by atoms with van der Waals surface area (Å²) in [6, 6.07) is 8.50. The van der Waals surface area contributed by atoms with Crippen LogP contribution in [-0.4, -0.2) is 68.8 Å². The molecule has 0 spiro atoms. The third-order valence-electron chi connectivity index (χ3n) is 7.14. The van der Waals surface area contributed by atoms with Crippen LogP contribution in [0, 0.1) is 11.7 Å². The summed E-state index contributed by atoms with van der Waals surface area (Å²) in [4.78, 5) is 31.2. The van der Waals surface area contributed by atoms with Crippen LogP contribution in [0.2, 0.25) is 0 Å². The van der Waals surface area contributed by atoms with Gasteiger partial charge in [0.1, 0.15) is 11.4 Å². The maximum absolute atomic E-state index is 14.1. The first kappa shape index (κ1) is 26.2. The molecule has 0 aliphatic carbocycles. The van der Waals surface area contributed by atoms with Crippen LogP contribution in [-0.2, 0) is 4.74 Å². The van der Waals surface area contributed by atoms with Gasteiger partial charge in [-0.1, -0.05) is 19.9 Å². The minimum absolute atomic E-state index is 0.00249. The van der Waals surface area contributed by atoms with Gasteiger partial charge < -0.3 is 23.5 Å². The van der Waals surface area contributed by atoms with Crippen LogP contribution in [0.3, 0.4) is 0 Å². The molecule has 38 heavy (non-hydrogen) atoms. The van der Waals surface area contributed by atoms with Crippen LogP contribution in [0.4, 0.5) is 4.39 Å². The summed E-state index contributed by atoms with van der Waals surface area (Å²) < 4.78 is 37.0. The minimum atomic E-state index is -0.707. The Morgan fingerprint density at radius 1 is 1.05 bits per heavy atom. The number of nitrogens with zero attached hydrogens (tertiary/aromatic N) is 2. The molecule has 0 radical (unpaired) electrons. The predicted molar refractivity (Wildman–Crippen MR) is 141 cm³/mol. The summed E-state index contributed by atoms with van der Waals surface area (Å²) in [5.74, 6) is 0.695. The van der Waals surface area contributed by atoms with E-state index in [9.17, 15) is 14.0 Å². The van der Waals surface area contributed by atoms with Crippen molar-refractivity contribution in [3.05, 3.63) is 69.3 Å². The van der Waals surface area contributed by atoms with E-state index in [1.54, 1.807) is 24.1 Å². The van der Waals surface area contributed by atoms with Gasteiger partial charge >= 0.3 is 0 Å². The fraction of sp³-hybridized carbons (Fsp3) is 0.448. The van der Waals surface area contributed by atoms with Crippen molar-refractivity contribution in [3.8, 4) is 11.5 Å². The topological polar surface area (TPSA) is 81.5 Å². The third-order valence-corrected chi connectivity index (χ3v) is 7.14. The highest BCUT2D eigenvalue weighted by Gasteiger charge is 2.43. The van der Waals surface area contributed by atoms with Crippen molar-refractivity contribution >= 4 is 16.9 Å². The first-order valence-electron chi connectivity index (χ1n) is 13.1. The van der Waals surface area contributed by atoms with Crippen molar-refractivity contribution in [1.82, 2.24) is 9.80 Å². The summed E-state index contributed by atoms with van der Waals surface area (Å²) in [6.45, 7) is 8.64. The average molecular weight is 525 g/mol. The van der Waals surface area contributed by atoms with Gasteiger partial charge in [-0.25, -0.2) is 4.39 Å². The highest BCUT2D eigenvalue weighted by molar-refractivity contribution is 5.99. The van der Waals surface area contributed by atoms with Gasteiger partial charge in [0.25, 0.3) is 5.91 Å². The van der Waals surface area contributed by atoms with E-state index in [1.807, 2.05) is 6.07 Å². The smallest absolute Gasteiger partial charge is 0.290 e. The van der Waals surface area contributed by atoms with Crippen LogP contribution >= 0.6 is 0 Å². The van der Waals surface area contributed by atoms with Gasteiger partial charge in [0, 0.05) is 26.2 Å². The normalized spacial score (nSPS) is 17.9. The van der Waals surface area contributed by atoms with Crippen LogP contribution in [0.25, 0.3) is 11.0 Å². The number of amides is 1. The number of benzene rings is 2. The van der Waals surface area contributed by atoms with Gasteiger partial charge in [0.15, 0.2) is 16.9 Å². The van der Waals surface area contributed by atoms with Gasteiger partial charge in [0.2, 0.25) is 5.76 Å². The van der Waals surface area contributed by atoms with E-state index in [4.69, 9.17) is 18.6 Å². The van der Waals surface area contributed by atoms with E-state index < -0.39 is 17.3 Å². The molecule has 0 bridgehead atoms. The number of ether oxygens (including phenoxy) is 3. The summed E-state index contributed by atoms with van der Waals surface area (Å²) in [7, 11) is 1.56. The molecular formula is C29H33FN2O6. The summed E-state index contributed by atoms with van der Waals surface area (Å²) in [5, 5.41) is 0.109. The lowest BCUT2D eigenvalue weighted by molar-refractivity contribution is 0.0314. The Kier molecular flexibility index (Phi) is 7.67. The molecule has 1 unspecified atom stereocenters. The molecule has 2 aliphatic heterocycles. The highest BCUT2D eigenvalue weighted by Crippen LogP contribution is 2.41. The Labute approximate surface area is 220 Å². The van der Waals surface area contributed by atoms with Crippen LogP contribution in [0.1, 0.15) is 48.0 Å². The van der Waals surface area contributed by atoms with Crippen LogP contribution in [0.5, 0.6) is 11.5 Å². The van der Waals surface area contributed by atoms with E-state index in [0.717, 1.165) is 25.6 Å². The first-order valence-corrected chi connectivity index (χ1v) is 13.1. The van der Waals surface area contributed by atoms with Gasteiger partial charge in [-0.05, 0) is 48.2 Å². The van der Waals surface area contributed by atoms with E-state index in [2.05, 4.69) is 18.7 Å². The SMILES string of the molecule is COc1cc(C2c3c(oc4ccc(F)cc4c3=O)C(=O)N2CCN2CCOCC2)ccc1OCCC(C)C. The van der Waals surface area contributed by atoms with Crippen molar-refractivity contribution in [2.24, 2.45) is 5.92 Å². The second-order valence-corrected chi connectivity index (χ2v) is 10.1. The summed E-state index contributed by atoms with van der Waals surface area (Å²) in [5.41, 5.74) is 0.675. The monoisotopic (exact) mass is 524 g/mol. The molecule has 2 aliphatic rings. The molecule has 0 N–H and O–H groups in total. The van der Waals surface area contributed by atoms with Crippen LogP contribution < -0.4 is 14.9 Å². The Morgan fingerprint density at radius 3 is 2.58 bits per heavy atom. The minimum Gasteiger partial charge on any atom is -0.493 e. The Balaban J connectivity index is 1.55. The first-order chi connectivity index (χ1) is 18.4. The Morgan fingerprint density at radius 2 is 1.84 bits per heavy atom. The number of carbonyl (C=O) groups excluding carboxylic acids is 1. The fourth-order valence-electron chi connectivity index (χ4n) is 5.02.